The van der Waals surface area contributed by atoms with Gasteiger partial charge in [0, 0.05) is 6.54 Å². The molecule has 2 atom stereocenters. The highest BCUT2D eigenvalue weighted by molar-refractivity contribution is 5.81. The number of carbonyl (C=O) groups excluding carboxylic acids is 1. The van der Waals surface area contributed by atoms with Gasteiger partial charge in [0.2, 0.25) is 5.91 Å². The summed E-state index contributed by atoms with van der Waals surface area (Å²) in [7, 11) is 0. The van der Waals surface area contributed by atoms with Crippen LogP contribution in [0, 0.1) is 5.92 Å². The Labute approximate surface area is 125 Å². The predicted octanol–water partition coefficient (Wildman–Crippen LogP) is 3.63. The van der Waals surface area contributed by atoms with Gasteiger partial charge in [0.05, 0.1) is 6.04 Å². The van der Waals surface area contributed by atoms with Gasteiger partial charge in [0.25, 0.3) is 0 Å². The molecule has 0 radical (unpaired) electrons. The summed E-state index contributed by atoms with van der Waals surface area (Å²) < 4.78 is 0. The number of carbonyl (C=O) groups is 1. The van der Waals surface area contributed by atoms with Gasteiger partial charge in [-0.2, -0.15) is 0 Å². The summed E-state index contributed by atoms with van der Waals surface area (Å²) in [4.78, 5) is 11.8. The molecular formula is C17H34N2O. The molecule has 0 aromatic carbocycles. The van der Waals surface area contributed by atoms with Crippen molar-refractivity contribution in [3.63, 3.8) is 0 Å². The smallest absolute Gasteiger partial charge is 0.237 e. The van der Waals surface area contributed by atoms with E-state index in [2.05, 4.69) is 17.6 Å². The molecule has 118 valence electrons. The quantitative estimate of drug-likeness (QED) is 0.601. The number of rotatable bonds is 10. The van der Waals surface area contributed by atoms with Crippen LogP contribution in [-0.4, -0.2) is 25.0 Å². The predicted molar refractivity (Wildman–Crippen MR) is 85.8 cm³/mol. The molecule has 0 saturated carbocycles. The molecule has 3 heteroatoms. The van der Waals surface area contributed by atoms with Crippen LogP contribution in [0.1, 0.15) is 78.1 Å². The Morgan fingerprint density at radius 3 is 2.50 bits per heavy atom. The highest BCUT2D eigenvalue weighted by Gasteiger charge is 2.25. The second-order valence-corrected chi connectivity index (χ2v) is 6.20. The molecule has 2 N–H and O–H groups in total. The molecule has 0 bridgehead atoms. The third kappa shape index (κ3) is 7.28. The van der Waals surface area contributed by atoms with Gasteiger partial charge >= 0.3 is 0 Å². The normalized spacial score (nSPS) is 22.7. The lowest BCUT2D eigenvalue weighted by atomic mass is 9.87. The summed E-state index contributed by atoms with van der Waals surface area (Å²) in [6.07, 6.45) is 13.2. The Bertz CT molecular complexity index is 255. The van der Waals surface area contributed by atoms with E-state index in [4.69, 9.17) is 0 Å². The standard InChI is InChI=1S/C17H34N2O/c1-3-5-6-7-8-9-10-11-15-12-13-19-16(14-15)17(20)18-4-2/h15-16,19H,3-14H2,1-2H3,(H,18,20). The van der Waals surface area contributed by atoms with E-state index < -0.39 is 0 Å². The average Bonchev–Trinajstić information content (AvgIpc) is 2.47. The van der Waals surface area contributed by atoms with Crippen molar-refractivity contribution in [2.24, 2.45) is 5.92 Å². The summed E-state index contributed by atoms with van der Waals surface area (Å²) in [5.74, 6) is 0.941. The summed E-state index contributed by atoms with van der Waals surface area (Å²) in [5.41, 5.74) is 0. The zero-order valence-corrected chi connectivity index (χ0v) is 13.5. The molecule has 1 amide bonds. The maximum atomic E-state index is 11.8. The number of hydrogen-bond donors (Lipinski definition) is 2. The number of piperidine rings is 1. The molecule has 1 saturated heterocycles. The Kier molecular flexibility index (Phi) is 9.73. The second-order valence-electron chi connectivity index (χ2n) is 6.20. The molecule has 3 nitrogen and oxygen atoms in total. The maximum Gasteiger partial charge on any atom is 0.237 e. The topological polar surface area (TPSA) is 41.1 Å². The van der Waals surface area contributed by atoms with Gasteiger partial charge in [-0.25, -0.2) is 0 Å². The number of nitrogens with one attached hydrogen (secondary N) is 2. The molecular weight excluding hydrogens is 248 g/mol. The third-order valence-electron chi connectivity index (χ3n) is 4.40. The van der Waals surface area contributed by atoms with Crippen molar-refractivity contribution >= 4 is 5.91 Å². The van der Waals surface area contributed by atoms with Crippen molar-refractivity contribution in [3.8, 4) is 0 Å². The molecule has 1 aliphatic heterocycles. The van der Waals surface area contributed by atoms with E-state index >= 15 is 0 Å². The van der Waals surface area contributed by atoms with E-state index in [0.717, 1.165) is 25.4 Å². The fourth-order valence-corrected chi connectivity index (χ4v) is 3.15. The lowest BCUT2D eigenvalue weighted by molar-refractivity contribution is -0.124. The number of amides is 1. The molecule has 1 heterocycles. The van der Waals surface area contributed by atoms with Crippen LogP contribution in [0.3, 0.4) is 0 Å². The first-order chi connectivity index (χ1) is 9.77. The summed E-state index contributed by atoms with van der Waals surface area (Å²) in [5, 5.41) is 6.28. The molecule has 20 heavy (non-hydrogen) atoms. The van der Waals surface area contributed by atoms with E-state index in [9.17, 15) is 4.79 Å². The van der Waals surface area contributed by atoms with Gasteiger partial charge in [0.15, 0.2) is 0 Å². The zero-order valence-electron chi connectivity index (χ0n) is 13.5. The first-order valence-electron chi connectivity index (χ1n) is 8.79. The molecule has 1 rings (SSSR count). The lowest BCUT2D eigenvalue weighted by Gasteiger charge is -2.29. The van der Waals surface area contributed by atoms with E-state index in [1.165, 1.54) is 57.8 Å². The summed E-state index contributed by atoms with van der Waals surface area (Å²) >= 11 is 0. The van der Waals surface area contributed by atoms with Gasteiger partial charge in [-0.05, 0) is 32.2 Å². The van der Waals surface area contributed by atoms with Gasteiger partial charge < -0.3 is 10.6 Å². The summed E-state index contributed by atoms with van der Waals surface area (Å²) in [6, 6.07) is 0.0539. The van der Waals surface area contributed by atoms with Crippen LogP contribution in [-0.2, 0) is 4.79 Å². The molecule has 0 aliphatic carbocycles. The SMILES string of the molecule is CCCCCCCCCC1CCNC(C(=O)NCC)C1. The fourth-order valence-electron chi connectivity index (χ4n) is 3.15. The Hall–Kier alpha value is -0.570. The second kappa shape index (κ2) is 11.1. The van der Waals surface area contributed by atoms with Crippen molar-refractivity contribution in [1.82, 2.24) is 10.6 Å². The molecule has 0 spiro atoms. The van der Waals surface area contributed by atoms with E-state index in [-0.39, 0.29) is 11.9 Å². The van der Waals surface area contributed by atoms with Crippen LogP contribution in [0.4, 0.5) is 0 Å². The highest BCUT2D eigenvalue weighted by atomic mass is 16.2. The minimum absolute atomic E-state index is 0.0539. The van der Waals surface area contributed by atoms with Crippen molar-refractivity contribution in [3.05, 3.63) is 0 Å². The highest BCUT2D eigenvalue weighted by Crippen LogP contribution is 2.23. The largest absolute Gasteiger partial charge is 0.355 e. The van der Waals surface area contributed by atoms with Crippen molar-refractivity contribution in [2.45, 2.75) is 84.1 Å². The minimum atomic E-state index is 0.0539. The van der Waals surface area contributed by atoms with E-state index in [1.807, 2.05) is 6.92 Å². The molecule has 0 aromatic rings. The monoisotopic (exact) mass is 282 g/mol. The molecule has 2 unspecified atom stereocenters. The molecule has 0 aromatic heterocycles. The lowest BCUT2D eigenvalue weighted by Crippen LogP contribution is -2.48. The van der Waals surface area contributed by atoms with Crippen LogP contribution in [0.15, 0.2) is 0 Å². The van der Waals surface area contributed by atoms with Crippen molar-refractivity contribution in [2.75, 3.05) is 13.1 Å². The van der Waals surface area contributed by atoms with Crippen molar-refractivity contribution in [1.29, 1.82) is 0 Å². The average molecular weight is 282 g/mol. The van der Waals surface area contributed by atoms with E-state index in [0.29, 0.717) is 0 Å². The zero-order chi connectivity index (χ0) is 14.6. The van der Waals surface area contributed by atoms with Crippen LogP contribution in [0.2, 0.25) is 0 Å². The summed E-state index contributed by atoms with van der Waals surface area (Å²) in [6.45, 7) is 5.99. The third-order valence-corrected chi connectivity index (χ3v) is 4.40. The first kappa shape index (κ1) is 17.5. The van der Waals surface area contributed by atoms with Crippen molar-refractivity contribution < 1.29 is 4.79 Å². The maximum absolute atomic E-state index is 11.8. The minimum Gasteiger partial charge on any atom is -0.355 e. The molecule has 1 aliphatic rings. The van der Waals surface area contributed by atoms with Crippen LogP contribution >= 0.6 is 0 Å². The number of unbranched alkanes of at least 4 members (excludes halogenated alkanes) is 6. The number of likely N-dealkylation sites (N-methyl/N-ethyl adjacent to an activating group) is 1. The van der Waals surface area contributed by atoms with Crippen LogP contribution in [0.25, 0.3) is 0 Å². The van der Waals surface area contributed by atoms with Gasteiger partial charge in [-0.1, -0.05) is 58.3 Å². The molecule has 1 fully saturated rings. The van der Waals surface area contributed by atoms with Gasteiger partial charge in [-0.3, -0.25) is 4.79 Å². The van der Waals surface area contributed by atoms with Crippen LogP contribution < -0.4 is 10.6 Å². The Morgan fingerprint density at radius 2 is 1.80 bits per heavy atom. The van der Waals surface area contributed by atoms with E-state index in [1.54, 1.807) is 0 Å². The Balaban J connectivity index is 2.07. The van der Waals surface area contributed by atoms with Gasteiger partial charge in [-0.15, -0.1) is 0 Å². The van der Waals surface area contributed by atoms with Crippen LogP contribution in [0.5, 0.6) is 0 Å². The Morgan fingerprint density at radius 1 is 1.10 bits per heavy atom. The van der Waals surface area contributed by atoms with Gasteiger partial charge in [0.1, 0.15) is 0 Å². The first-order valence-corrected chi connectivity index (χ1v) is 8.79. The fraction of sp³-hybridized carbons (Fsp3) is 0.941. The number of hydrogen-bond acceptors (Lipinski definition) is 2.